The van der Waals surface area contributed by atoms with Crippen LogP contribution in [-0.2, 0) is 4.79 Å². The predicted molar refractivity (Wildman–Crippen MR) is 122 cm³/mol. The van der Waals surface area contributed by atoms with E-state index >= 15 is 0 Å². The van der Waals surface area contributed by atoms with Gasteiger partial charge in [0.05, 0.1) is 5.69 Å². The minimum Gasteiger partial charge on any atom is -0.484 e. The molecule has 11 heteroatoms. The first kappa shape index (κ1) is 21.7. The van der Waals surface area contributed by atoms with Gasteiger partial charge in [0.25, 0.3) is 5.91 Å². The number of nitrogens with one attached hydrogen (secondary N) is 2. The Labute approximate surface area is 190 Å². The molecule has 3 heterocycles. The summed E-state index contributed by atoms with van der Waals surface area (Å²) in [6.07, 6.45) is 5.02. The Hall–Kier alpha value is -4.51. The van der Waals surface area contributed by atoms with Crippen LogP contribution in [0.1, 0.15) is 42.0 Å². The van der Waals surface area contributed by atoms with Crippen molar-refractivity contribution in [3.63, 3.8) is 0 Å². The molecule has 1 atom stereocenters. The number of piperidine rings is 1. The maximum absolute atomic E-state index is 12.3. The third kappa shape index (κ3) is 4.43. The number of carbonyl (C=O) groups excluding carboxylic acids is 1. The first-order valence-electron chi connectivity index (χ1n) is 10.5. The molecule has 1 unspecified atom stereocenters. The van der Waals surface area contributed by atoms with Crippen molar-refractivity contribution in [2.45, 2.75) is 25.3 Å². The molecule has 168 valence electrons. The van der Waals surface area contributed by atoms with Crippen molar-refractivity contribution in [3.05, 3.63) is 41.0 Å². The summed E-state index contributed by atoms with van der Waals surface area (Å²) in [5, 5.41) is 23.8. The largest absolute Gasteiger partial charge is 0.484 e. The molecular formula is C22H23N9O2. The van der Waals surface area contributed by atoms with E-state index < -0.39 is 6.04 Å². The van der Waals surface area contributed by atoms with Crippen LogP contribution < -0.4 is 26.8 Å². The Morgan fingerprint density at radius 3 is 2.61 bits per heavy atom. The van der Waals surface area contributed by atoms with E-state index in [1.165, 1.54) is 0 Å². The number of hydrogen-bond acceptors (Lipinski definition) is 10. The standard InChI is InChI=1S/C22H23N9O2/c23-10-15-18(25)17-19(28-22(27-12-24)30-21(17)29-20(15)26)13-4-6-14(7-5-13)33-11-16(32)31-8-2-1-3-9-31/h4-7,19H,1-3,8-9,11H2,(H6,25,26,27,28,29,30). The molecule has 1 aromatic carbocycles. The summed E-state index contributed by atoms with van der Waals surface area (Å²) in [5.74, 6) is 0.995. The maximum atomic E-state index is 12.3. The number of aliphatic imine (C=N–C) groups is 1. The second-order valence-corrected chi connectivity index (χ2v) is 7.70. The van der Waals surface area contributed by atoms with Crippen LogP contribution >= 0.6 is 0 Å². The molecule has 1 aromatic heterocycles. The van der Waals surface area contributed by atoms with E-state index in [0.29, 0.717) is 17.1 Å². The van der Waals surface area contributed by atoms with Crippen LogP contribution in [0.25, 0.3) is 0 Å². The number of pyridine rings is 1. The van der Waals surface area contributed by atoms with Gasteiger partial charge in [-0.2, -0.15) is 10.5 Å². The lowest BCUT2D eigenvalue weighted by atomic mass is 9.95. The molecule has 2 aliphatic heterocycles. The van der Waals surface area contributed by atoms with E-state index in [0.717, 1.165) is 37.9 Å². The van der Waals surface area contributed by atoms with Crippen molar-refractivity contribution in [2.24, 2.45) is 4.99 Å². The Morgan fingerprint density at radius 2 is 1.94 bits per heavy atom. The van der Waals surface area contributed by atoms with Crippen molar-refractivity contribution < 1.29 is 9.53 Å². The van der Waals surface area contributed by atoms with Gasteiger partial charge in [-0.15, -0.1) is 0 Å². The molecule has 0 aliphatic carbocycles. The quantitative estimate of drug-likeness (QED) is 0.400. The fourth-order valence-electron chi connectivity index (χ4n) is 3.95. The first-order chi connectivity index (χ1) is 16.0. The van der Waals surface area contributed by atoms with Crippen molar-refractivity contribution in [2.75, 3.05) is 36.5 Å². The summed E-state index contributed by atoms with van der Waals surface area (Å²) in [7, 11) is 0. The number of nitrogen functional groups attached to an aromatic ring is 2. The number of ether oxygens (including phenoxy) is 1. The molecule has 4 rings (SSSR count). The second-order valence-electron chi connectivity index (χ2n) is 7.70. The van der Waals surface area contributed by atoms with Gasteiger partial charge < -0.3 is 26.4 Å². The minimum absolute atomic E-state index is 0.0136. The molecular weight excluding hydrogens is 422 g/mol. The van der Waals surface area contributed by atoms with E-state index in [-0.39, 0.29) is 35.5 Å². The highest BCUT2D eigenvalue weighted by Gasteiger charge is 2.29. The maximum Gasteiger partial charge on any atom is 0.260 e. The molecule has 0 radical (unpaired) electrons. The number of fused-ring (bicyclic) bond motifs is 1. The number of aromatic nitrogens is 1. The zero-order valence-corrected chi connectivity index (χ0v) is 17.8. The summed E-state index contributed by atoms with van der Waals surface area (Å²) in [5.41, 5.74) is 13.6. The molecule has 1 fully saturated rings. The number of benzene rings is 1. The van der Waals surface area contributed by atoms with E-state index in [4.69, 9.17) is 21.5 Å². The van der Waals surface area contributed by atoms with Crippen molar-refractivity contribution >= 4 is 29.2 Å². The van der Waals surface area contributed by atoms with Crippen LogP contribution in [0.15, 0.2) is 29.3 Å². The van der Waals surface area contributed by atoms with Gasteiger partial charge in [-0.25, -0.2) is 9.98 Å². The number of hydrogen-bond donors (Lipinski definition) is 4. The number of likely N-dealkylation sites (tertiary alicyclic amines) is 1. The van der Waals surface area contributed by atoms with Gasteiger partial charge in [0.1, 0.15) is 35.1 Å². The monoisotopic (exact) mass is 445 g/mol. The third-order valence-electron chi connectivity index (χ3n) is 5.62. The lowest BCUT2D eigenvalue weighted by Crippen LogP contribution is -2.38. The molecule has 1 saturated heterocycles. The normalized spacial score (nSPS) is 17.0. The molecule has 0 saturated carbocycles. The predicted octanol–water partition coefficient (Wildman–Crippen LogP) is 1.45. The van der Waals surface area contributed by atoms with Gasteiger partial charge >= 0.3 is 0 Å². The van der Waals surface area contributed by atoms with Gasteiger partial charge in [0, 0.05) is 18.7 Å². The fraction of sp³-hybridized carbons (Fsp3) is 0.318. The molecule has 6 N–H and O–H groups in total. The highest BCUT2D eigenvalue weighted by Crippen LogP contribution is 2.40. The number of anilines is 3. The average Bonchev–Trinajstić information content (AvgIpc) is 2.83. The molecule has 0 spiro atoms. The Kier molecular flexibility index (Phi) is 6.13. The summed E-state index contributed by atoms with van der Waals surface area (Å²) in [4.78, 5) is 22.9. The van der Waals surface area contributed by atoms with Crippen LogP contribution in [0.2, 0.25) is 0 Å². The van der Waals surface area contributed by atoms with Crippen LogP contribution in [0.5, 0.6) is 5.75 Å². The molecule has 2 aliphatic rings. The number of nitriles is 2. The van der Waals surface area contributed by atoms with Crippen LogP contribution in [-0.4, -0.2) is 41.4 Å². The number of nitrogens with zero attached hydrogens (tertiary/aromatic N) is 5. The van der Waals surface area contributed by atoms with Gasteiger partial charge in [-0.3, -0.25) is 10.1 Å². The van der Waals surface area contributed by atoms with E-state index in [2.05, 4.69) is 20.6 Å². The summed E-state index contributed by atoms with van der Waals surface area (Å²) >= 11 is 0. The zero-order valence-electron chi connectivity index (χ0n) is 17.8. The number of guanidine groups is 1. The average molecular weight is 445 g/mol. The Balaban J connectivity index is 1.57. The van der Waals surface area contributed by atoms with E-state index in [1.54, 1.807) is 24.3 Å². The molecule has 0 bridgehead atoms. The van der Waals surface area contributed by atoms with Gasteiger partial charge in [-0.1, -0.05) is 12.1 Å². The minimum atomic E-state index is -0.638. The van der Waals surface area contributed by atoms with E-state index in [1.807, 2.05) is 17.2 Å². The van der Waals surface area contributed by atoms with Crippen molar-refractivity contribution in [1.29, 1.82) is 10.5 Å². The SMILES string of the molecule is N#CNC1=NC(c2ccc(OCC(=O)N3CCCCC3)cc2)c2c(nc(N)c(C#N)c2N)N1. The number of rotatable bonds is 4. The number of amides is 1. The third-order valence-corrected chi connectivity index (χ3v) is 5.62. The van der Waals surface area contributed by atoms with Crippen molar-refractivity contribution in [1.82, 2.24) is 15.2 Å². The molecule has 1 amide bonds. The second kappa shape index (κ2) is 9.32. The fourth-order valence-corrected chi connectivity index (χ4v) is 3.95. The number of carbonyl (C=O) groups is 1. The molecule has 2 aromatic rings. The van der Waals surface area contributed by atoms with Gasteiger partial charge in [-0.05, 0) is 37.0 Å². The first-order valence-corrected chi connectivity index (χ1v) is 10.5. The van der Waals surface area contributed by atoms with Gasteiger partial charge in [0.15, 0.2) is 12.8 Å². The van der Waals surface area contributed by atoms with Crippen LogP contribution in [0.3, 0.4) is 0 Å². The van der Waals surface area contributed by atoms with Gasteiger partial charge in [0.2, 0.25) is 5.96 Å². The Morgan fingerprint density at radius 1 is 1.21 bits per heavy atom. The van der Waals surface area contributed by atoms with E-state index in [9.17, 15) is 10.1 Å². The lowest BCUT2D eigenvalue weighted by molar-refractivity contribution is -0.134. The summed E-state index contributed by atoms with van der Waals surface area (Å²) < 4.78 is 5.68. The molecule has 11 nitrogen and oxygen atoms in total. The Bertz CT molecular complexity index is 1170. The summed E-state index contributed by atoms with van der Waals surface area (Å²) in [6, 6.07) is 8.38. The highest BCUT2D eigenvalue weighted by atomic mass is 16.5. The number of nitrogens with two attached hydrogens (primary N) is 2. The van der Waals surface area contributed by atoms with Crippen LogP contribution in [0.4, 0.5) is 17.3 Å². The van der Waals surface area contributed by atoms with Crippen molar-refractivity contribution in [3.8, 4) is 18.0 Å². The lowest BCUT2D eigenvalue weighted by Gasteiger charge is -2.27. The summed E-state index contributed by atoms with van der Waals surface area (Å²) in [6.45, 7) is 1.53. The topological polar surface area (TPSA) is 178 Å². The van der Waals surface area contributed by atoms with Crippen LogP contribution in [0, 0.1) is 22.8 Å². The highest BCUT2D eigenvalue weighted by molar-refractivity contribution is 5.98. The molecule has 33 heavy (non-hydrogen) atoms. The smallest absolute Gasteiger partial charge is 0.260 e. The zero-order chi connectivity index (χ0) is 23.4.